The number of sulfone groups is 2. The van der Waals surface area contributed by atoms with Gasteiger partial charge in [0, 0.05) is 36.8 Å². The van der Waals surface area contributed by atoms with Gasteiger partial charge in [0.25, 0.3) is 0 Å². The van der Waals surface area contributed by atoms with Gasteiger partial charge in [-0.15, -0.1) is 0 Å². The number of rotatable bonds is 11. The summed E-state index contributed by atoms with van der Waals surface area (Å²) in [5.41, 5.74) is 0.650. The zero-order chi connectivity index (χ0) is 35.5. The van der Waals surface area contributed by atoms with Crippen molar-refractivity contribution in [3.8, 4) is 0 Å². The lowest BCUT2D eigenvalue weighted by Gasteiger charge is -2.31. The Balaban J connectivity index is 0.000000438. The number of ether oxygens (including phenoxy) is 1. The molecular formula is C25H38N4O13S4. The Hall–Kier alpha value is -3.47. The maximum Gasteiger partial charge on any atom is 0.311 e. The van der Waals surface area contributed by atoms with E-state index in [4.69, 9.17) is 20.1 Å². The zero-order valence-corrected chi connectivity index (χ0v) is 28.5. The summed E-state index contributed by atoms with van der Waals surface area (Å²) in [6.07, 6.45) is 7.40. The summed E-state index contributed by atoms with van der Waals surface area (Å²) in [6, 6.07) is -0.570. The van der Waals surface area contributed by atoms with E-state index >= 15 is 0 Å². The molecule has 21 heteroatoms. The van der Waals surface area contributed by atoms with Gasteiger partial charge in [-0.25, -0.2) is 33.7 Å². The van der Waals surface area contributed by atoms with Crippen molar-refractivity contribution in [3.05, 3.63) is 81.7 Å². The van der Waals surface area contributed by atoms with Gasteiger partial charge in [0.2, 0.25) is 29.9 Å². The molecule has 3 aliphatic rings. The van der Waals surface area contributed by atoms with Crippen molar-refractivity contribution >= 4 is 45.7 Å². The first-order valence-corrected chi connectivity index (χ1v) is 19.9. The molecule has 3 rings (SSSR count). The quantitative estimate of drug-likeness (QED) is 0.0909. The summed E-state index contributed by atoms with van der Waals surface area (Å²) in [4.78, 5) is 11.3. The molecule has 1 aliphatic carbocycles. The zero-order valence-electron chi connectivity index (χ0n) is 25.2. The van der Waals surface area contributed by atoms with E-state index in [9.17, 15) is 38.5 Å². The summed E-state index contributed by atoms with van der Waals surface area (Å²) in [5, 5.41) is 31.3. The average molecular weight is 731 g/mol. The molecule has 0 fully saturated rings. The number of carbonyl (C=O) groups excluding carboxylic acids is 1. The highest BCUT2D eigenvalue weighted by Gasteiger charge is 2.36. The lowest BCUT2D eigenvalue weighted by molar-refractivity contribution is -0.142. The second-order valence-corrected chi connectivity index (χ2v) is 16.7. The number of carbonyl (C=O) groups is 1. The number of esters is 1. The van der Waals surface area contributed by atoms with Crippen LogP contribution in [0.2, 0.25) is 0 Å². The molecule has 0 bridgehead atoms. The van der Waals surface area contributed by atoms with Crippen LogP contribution < -0.4 is 20.1 Å². The molecule has 0 aromatic carbocycles. The molecular weight excluding hydrogens is 693 g/mol. The van der Waals surface area contributed by atoms with Crippen LogP contribution in [0.4, 0.5) is 0 Å². The minimum atomic E-state index is -3.86. The number of allylic oxidation sites excluding steroid dienone is 3. The van der Waals surface area contributed by atoms with Crippen LogP contribution in [0.25, 0.3) is 0 Å². The molecule has 0 spiro atoms. The second-order valence-electron chi connectivity index (χ2n) is 9.41. The van der Waals surface area contributed by atoms with Crippen molar-refractivity contribution in [3.63, 3.8) is 0 Å². The average Bonchev–Trinajstić information content (AvgIpc) is 2.89. The molecule has 0 aromatic rings. The molecule has 46 heavy (non-hydrogen) atoms. The number of fused-ring (bicyclic) bond motifs is 1. The predicted molar refractivity (Wildman–Crippen MR) is 170 cm³/mol. The number of hydrogen-bond acceptors (Lipinski definition) is 15. The number of sulfonamides is 2. The maximum atomic E-state index is 12.4. The molecule has 0 saturated carbocycles. The van der Waals surface area contributed by atoms with E-state index in [1.165, 1.54) is 18.2 Å². The van der Waals surface area contributed by atoms with Crippen molar-refractivity contribution < 1.29 is 58.5 Å². The van der Waals surface area contributed by atoms with E-state index < -0.39 is 63.3 Å². The first-order chi connectivity index (χ1) is 21.2. The minimum Gasteiger partial charge on any atom is -0.466 e. The SMILES string of the molecule is C=CC1=C(/C=C/NS(C)(=O)=O)S(=O)(=O)C=C(CC(O)O)N1.CCOC(=O)CC1=CS(=O)(=O)C2C=C(NS(C)(=O)=O)C=CC2N1.CO. The fourth-order valence-electron chi connectivity index (χ4n) is 3.88. The fraction of sp³-hybridized carbons (Fsp3) is 0.400. The van der Waals surface area contributed by atoms with Gasteiger partial charge in [-0.05, 0) is 31.2 Å². The summed E-state index contributed by atoms with van der Waals surface area (Å²) < 4.78 is 102. The van der Waals surface area contributed by atoms with Crippen LogP contribution in [-0.2, 0) is 49.3 Å². The Morgan fingerprint density at radius 1 is 1.09 bits per heavy atom. The number of aliphatic hydroxyl groups is 3. The van der Waals surface area contributed by atoms with Crippen LogP contribution in [0.1, 0.15) is 19.8 Å². The normalized spacial score (nSPS) is 21.3. The summed E-state index contributed by atoms with van der Waals surface area (Å²) in [5.74, 6) is -0.519. The second kappa shape index (κ2) is 16.9. The molecule has 0 aromatic heterocycles. The van der Waals surface area contributed by atoms with Crippen molar-refractivity contribution in [1.82, 2.24) is 20.1 Å². The van der Waals surface area contributed by atoms with E-state index in [1.807, 2.05) is 4.72 Å². The van der Waals surface area contributed by atoms with Crippen LogP contribution in [-0.4, -0.2) is 98.8 Å². The van der Waals surface area contributed by atoms with Crippen molar-refractivity contribution in [2.24, 2.45) is 0 Å². The third kappa shape index (κ3) is 13.5. The van der Waals surface area contributed by atoms with Crippen LogP contribution in [0, 0.1) is 0 Å². The van der Waals surface area contributed by atoms with Crippen molar-refractivity contribution in [2.45, 2.75) is 37.3 Å². The van der Waals surface area contributed by atoms with E-state index in [1.54, 1.807) is 13.0 Å². The van der Waals surface area contributed by atoms with E-state index in [0.717, 1.165) is 42.7 Å². The van der Waals surface area contributed by atoms with Crippen molar-refractivity contribution in [1.29, 1.82) is 0 Å². The Bertz CT molecular complexity index is 1770. The topological polar surface area (TPSA) is 272 Å². The molecule has 2 heterocycles. The minimum absolute atomic E-state index is 0.0909. The van der Waals surface area contributed by atoms with E-state index in [-0.39, 0.29) is 47.1 Å². The number of nitrogens with one attached hydrogen (secondary N) is 4. The van der Waals surface area contributed by atoms with Gasteiger partial charge in [-0.2, -0.15) is 0 Å². The molecule has 2 aliphatic heterocycles. The van der Waals surface area contributed by atoms with Crippen LogP contribution in [0.5, 0.6) is 0 Å². The largest absolute Gasteiger partial charge is 0.466 e. The van der Waals surface area contributed by atoms with Gasteiger partial charge in [0.15, 0.2) is 16.1 Å². The summed E-state index contributed by atoms with van der Waals surface area (Å²) in [7, 11) is -13.5. The summed E-state index contributed by atoms with van der Waals surface area (Å²) >= 11 is 0. The maximum absolute atomic E-state index is 12.4. The molecule has 260 valence electrons. The molecule has 0 amide bonds. The monoisotopic (exact) mass is 730 g/mol. The number of aliphatic hydroxyl groups excluding tert-OH is 2. The molecule has 0 radical (unpaired) electrons. The van der Waals surface area contributed by atoms with E-state index in [2.05, 4.69) is 21.9 Å². The lowest BCUT2D eigenvalue weighted by Crippen LogP contribution is -2.47. The van der Waals surface area contributed by atoms with Gasteiger partial charge in [-0.1, -0.05) is 12.7 Å². The molecule has 17 nitrogen and oxygen atoms in total. The van der Waals surface area contributed by atoms with Crippen LogP contribution in [0.15, 0.2) is 81.7 Å². The Morgan fingerprint density at radius 3 is 2.24 bits per heavy atom. The number of hydrogen-bond donors (Lipinski definition) is 7. The fourth-order valence-corrected chi connectivity index (χ4v) is 7.73. The van der Waals surface area contributed by atoms with Gasteiger partial charge >= 0.3 is 5.97 Å². The summed E-state index contributed by atoms with van der Waals surface area (Å²) in [6.45, 7) is 5.34. The smallest absolute Gasteiger partial charge is 0.311 e. The first kappa shape index (κ1) is 40.6. The van der Waals surface area contributed by atoms with Gasteiger partial charge in [0.05, 0.1) is 53.0 Å². The highest BCUT2D eigenvalue weighted by atomic mass is 32.2. The Kier molecular flexibility index (Phi) is 14.9. The van der Waals surface area contributed by atoms with Gasteiger partial charge in [0.1, 0.15) is 5.25 Å². The van der Waals surface area contributed by atoms with Gasteiger partial charge in [-0.3, -0.25) is 14.2 Å². The standard InChI is InChI=1S/C13H18N2O6S2.C11H16N2O6S2.CH4O/c1-3-21-13(16)7-10-8-23(19,20)12-6-9(15-22(2,17)18)4-5-11(12)14-10;1-3-9-10(4-5-12-20(2,16)17)21(18,19)7-8(13-9)6-11(14)15;1-2/h4-6,8,11-12,14-15H,3,7H2,1-2H3;3-5,7,11-15H,1,6H2,2H3;2H,1H3/b;5-4+;. The third-order valence-electron chi connectivity index (χ3n) is 5.45. The lowest BCUT2D eigenvalue weighted by atomic mass is 10.1. The van der Waals surface area contributed by atoms with Crippen molar-refractivity contribution in [2.75, 3.05) is 26.2 Å². The Labute approximate surface area is 268 Å². The van der Waals surface area contributed by atoms with E-state index in [0.29, 0.717) is 0 Å². The Morgan fingerprint density at radius 2 is 1.72 bits per heavy atom. The molecule has 7 N–H and O–H groups in total. The highest BCUT2D eigenvalue weighted by Crippen LogP contribution is 2.26. The molecule has 2 unspecified atom stereocenters. The van der Waals surface area contributed by atoms with Gasteiger partial charge < -0.3 is 30.7 Å². The predicted octanol–water partition coefficient (Wildman–Crippen LogP) is -1.85. The van der Waals surface area contributed by atoms with Crippen LogP contribution in [0.3, 0.4) is 0 Å². The molecule has 0 saturated heterocycles. The highest BCUT2D eigenvalue weighted by molar-refractivity contribution is 7.98. The first-order valence-electron chi connectivity index (χ1n) is 12.9. The third-order valence-corrected chi connectivity index (χ3v) is 9.99. The van der Waals surface area contributed by atoms with Crippen LogP contribution >= 0.6 is 0 Å². The molecule has 2 atom stereocenters.